The predicted octanol–water partition coefficient (Wildman–Crippen LogP) is 1.94. The van der Waals surface area contributed by atoms with Crippen LogP contribution in [0.25, 0.3) is 10.9 Å². The predicted molar refractivity (Wildman–Crippen MR) is 99.1 cm³/mol. The van der Waals surface area contributed by atoms with Gasteiger partial charge in [-0.2, -0.15) is 0 Å². The van der Waals surface area contributed by atoms with E-state index in [4.69, 9.17) is 10.5 Å². The molecule has 7 heteroatoms. The van der Waals surface area contributed by atoms with E-state index in [9.17, 15) is 9.59 Å². The number of nitrogens with two attached hydrogens (primary N) is 1. The van der Waals surface area contributed by atoms with Crippen molar-refractivity contribution in [2.45, 2.75) is 6.10 Å². The third-order valence-electron chi connectivity index (χ3n) is 4.59. The third-order valence-corrected chi connectivity index (χ3v) is 4.59. The number of primary amides is 1. The second-order valence-corrected chi connectivity index (χ2v) is 6.33. The topological polar surface area (TPSA) is 98.4 Å². The number of aromatic nitrogens is 2. The van der Waals surface area contributed by atoms with Crippen LogP contribution in [0.3, 0.4) is 0 Å². The van der Waals surface area contributed by atoms with Gasteiger partial charge in [0.05, 0.1) is 35.5 Å². The van der Waals surface area contributed by atoms with Crippen LogP contribution in [0, 0.1) is 0 Å². The molecular weight excluding hydrogens is 344 g/mol. The molecule has 0 radical (unpaired) electrons. The number of pyridine rings is 2. The van der Waals surface area contributed by atoms with Gasteiger partial charge in [0, 0.05) is 24.3 Å². The van der Waals surface area contributed by atoms with E-state index in [2.05, 4.69) is 9.97 Å². The molecule has 27 heavy (non-hydrogen) atoms. The van der Waals surface area contributed by atoms with Crippen LogP contribution in [-0.2, 0) is 4.74 Å². The minimum absolute atomic E-state index is 0.104. The molecule has 2 N–H and O–H groups in total. The molecule has 2 amide bonds. The van der Waals surface area contributed by atoms with Gasteiger partial charge in [0.2, 0.25) is 5.91 Å². The van der Waals surface area contributed by atoms with E-state index >= 15 is 0 Å². The lowest BCUT2D eigenvalue weighted by Gasteiger charge is -2.33. The number of hydrogen-bond acceptors (Lipinski definition) is 5. The smallest absolute Gasteiger partial charge is 0.255 e. The van der Waals surface area contributed by atoms with Crippen LogP contribution >= 0.6 is 0 Å². The minimum Gasteiger partial charge on any atom is -0.368 e. The first kappa shape index (κ1) is 17.1. The summed E-state index contributed by atoms with van der Waals surface area (Å²) >= 11 is 0. The van der Waals surface area contributed by atoms with Crippen molar-refractivity contribution in [3.05, 3.63) is 71.7 Å². The monoisotopic (exact) mass is 362 g/mol. The Bertz CT molecular complexity index is 1010. The molecule has 1 aliphatic rings. The van der Waals surface area contributed by atoms with Gasteiger partial charge in [0.1, 0.15) is 6.10 Å². The number of fused-ring (bicyclic) bond motifs is 1. The fourth-order valence-electron chi connectivity index (χ4n) is 3.25. The highest BCUT2D eigenvalue weighted by molar-refractivity contribution is 6.05. The highest BCUT2D eigenvalue weighted by Crippen LogP contribution is 2.26. The van der Waals surface area contributed by atoms with E-state index in [1.807, 2.05) is 24.3 Å². The van der Waals surface area contributed by atoms with Gasteiger partial charge >= 0.3 is 0 Å². The van der Waals surface area contributed by atoms with Gasteiger partial charge in [0.25, 0.3) is 5.91 Å². The van der Waals surface area contributed by atoms with E-state index in [0.717, 1.165) is 0 Å². The summed E-state index contributed by atoms with van der Waals surface area (Å²) < 4.78 is 5.84. The fourth-order valence-corrected chi connectivity index (χ4v) is 3.25. The molecule has 3 aromatic rings. The second kappa shape index (κ2) is 7.13. The summed E-state index contributed by atoms with van der Waals surface area (Å²) in [7, 11) is 0. The van der Waals surface area contributed by atoms with Crippen LogP contribution in [-0.4, -0.2) is 46.4 Å². The maximum atomic E-state index is 12.7. The lowest BCUT2D eigenvalue weighted by Crippen LogP contribution is -2.42. The van der Waals surface area contributed by atoms with Crippen LogP contribution in [0.4, 0.5) is 0 Å². The summed E-state index contributed by atoms with van der Waals surface area (Å²) in [6, 6.07) is 12.5. The number of para-hydroxylation sites is 1. The van der Waals surface area contributed by atoms with Crippen molar-refractivity contribution in [3.63, 3.8) is 0 Å². The SMILES string of the molecule is NC(=O)c1cc([C@@H]2CN(C(=O)c3cccnc3)CCO2)nc2ccccc12. The average molecular weight is 362 g/mol. The molecule has 2 aromatic heterocycles. The zero-order chi connectivity index (χ0) is 18.8. The van der Waals surface area contributed by atoms with Gasteiger partial charge in [-0.05, 0) is 24.3 Å². The summed E-state index contributed by atoms with van der Waals surface area (Å²) in [5, 5.41) is 0.702. The van der Waals surface area contributed by atoms with E-state index in [0.29, 0.717) is 47.4 Å². The Hall–Kier alpha value is -3.32. The summed E-state index contributed by atoms with van der Waals surface area (Å²) in [5.41, 5.74) is 7.74. The van der Waals surface area contributed by atoms with Crippen LogP contribution < -0.4 is 5.73 Å². The molecular formula is C20H18N4O3. The van der Waals surface area contributed by atoms with Crippen molar-refractivity contribution in [2.75, 3.05) is 19.7 Å². The highest BCUT2D eigenvalue weighted by Gasteiger charge is 2.28. The van der Waals surface area contributed by atoms with Crippen molar-refractivity contribution < 1.29 is 14.3 Å². The van der Waals surface area contributed by atoms with Gasteiger partial charge < -0.3 is 15.4 Å². The van der Waals surface area contributed by atoms with Gasteiger partial charge in [-0.3, -0.25) is 14.6 Å². The molecule has 4 rings (SSSR count). The molecule has 3 heterocycles. The molecule has 1 aliphatic heterocycles. The number of benzene rings is 1. The molecule has 136 valence electrons. The highest BCUT2D eigenvalue weighted by atomic mass is 16.5. The Balaban J connectivity index is 1.65. The van der Waals surface area contributed by atoms with E-state index in [-0.39, 0.29) is 5.91 Å². The molecule has 1 saturated heterocycles. The van der Waals surface area contributed by atoms with E-state index in [1.54, 1.807) is 35.5 Å². The number of nitrogens with zero attached hydrogens (tertiary/aromatic N) is 3. The Morgan fingerprint density at radius 1 is 1.19 bits per heavy atom. The quantitative estimate of drug-likeness (QED) is 0.768. The van der Waals surface area contributed by atoms with Crippen molar-refractivity contribution in [1.29, 1.82) is 0 Å². The Morgan fingerprint density at radius 3 is 2.81 bits per heavy atom. The van der Waals surface area contributed by atoms with Gasteiger partial charge in [-0.1, -0.05) is 18.2 Å². The van der Waals surface area contributed by atoms with Gasteiger partial charge in [-0.15, -0.1) is 0 Å². The van der Waals surface area contributed by atoms with Gasteiger partial charge in [0.15, 0.2) is 0 Å². The van der Waals surface area contributed by atoms with Crippen molar-refractivity contribution in [1.82, 2.24) is 14.9 Å². The molecule has 1 fully saturated rings. The number of morpholine rings is 1. The third kappa shape index (κ3) is 3.37. The lowest BCUT2D eigenvalue weighted by atomic mass is 10.0. The Labute approximate surface area is 155 Å². The normalized spacial score (nSPS) is 17.0. The number of hydrogen-bond donors (Lipinski definition) is 1. The van der Waals surface area contributed by atoms with Crippen molar-refractivity contribution in [3.8, 4) is 0 Å². The molecule has 0 spiro atoms. The lowest BCUT2D eigenvalue weighted by molar-refractivity contribution is -0.0246. The summed E-state index contributed by atoms with van der Waals surface area (Å²) in [6.07, 6.45) is 2.75. The summed E-state index contributed by atoms with van der Waals surface area (Å²) in [6.45, 7) is 1.22. The zero-order valence-corrected chi connectivity index (χ0v) is 14.5. The molecule has 0 aliphatic carbocycles. The number of ether oxygens (including phenoxy) is 1. The second-order valence-electron chi connectivity index (χ2n) is 6.33. The van der Waals surface area contributed by atoms with E-state index in [1.165, 1.54) is 0 Å². The molecule has 7 nitrogen and oxygen atoms in total. The van der Waals surface area contributed by atoms with Crippen LogP contribution in [0.2, 0.25) is 0 Å². The standard InChI is InChI=1S/C20H18N4O3/c21-19(25)15-10-17(23-16-6-2-1-5-14(15)16)18-12-24(8-9-27-18)20(26)13-4-3-7-22-11-13/h1-7,10-11,18H,8-9,12H2,(H2,21,25)/t18-/m0/s1. The van der Waals surface area contributed by atoms with Crippen LogP contribution in [0.5, 0.6) is 0 Å². The first-order valence-electron chi connectivity index (χ1n) is 8.64. The fraction of sp³-hybridized carbons (Fsp3) is 0.200. The van der Waals surface area contributed by atoms with Crippen LogP contribution in [0.1, 0.15) is 32.5 Å². The minimum atomic E-state index is -0.519. The largest absolute Gasteiger partial charge is 0.368 e. The number of carbonyl (C=O) groups is 2. The summed E-state index contributed by atoms with van der Waals surface area (Å²) in [5.74, 6) is -0.624. The van der Waals surface area contributed by atoms with Crippen molar-refractivity contribution in [2.24, 2.45) is 5.73 Å². The number of rotatable bonds is 3. The first-order chi connectivity index (χ1) is 13.1. The molecule has 1 aromatic carbocycles. The van der Waals surface area contributed by atoms with Crippen LogP contribution in [0.15, 0.2) is 54.9 Å². The zero-order valence-electron chi connectivity index (χ0n) is 14.5. The van der Waals surface area contributed by atoms with Gasteiger partial charge in [-0.25, -0.2) is 4.98 Å². The molecule has 1 atom stereocenters. The van der Waals surface area contributed by atoms with Crippen molar-refractivity contribution >= 4 is 22.7 Å². The number of amides is 2. The maximum absolute atomic E-state index is 12.7. The number of carbonyl (C=O) groups excluding carboxylic acids is 2. The molecule has 0 saturated carbocycles. The van der Waals surface area contributed by atoms with E-state index < -0.39 is 12.0 Å². The Morgan fingerprint density at radius 2 is 2.04 bits per heavy atom. The maximum Gasteiger partial charge on any atom is 0.255 e. The summed E-state index contributed by atoms with van der Waals surface area (Å²) in [4.78, 5) is 34.9. The first-order valence-corrected chi connectivity index (χ1v) is 8.64. The molecule has 0 bridgehead atoms. The molecule has 0 unspecified atom stereocenters. The average Bonchev–Trinajstić information content (AvgIpc) is 2.73. The Kier molecular flexibility index (Phi) is 4.52.